The number of urea groups is 1. The molecule has 1 rings (SSSR count). The molecule has 1 saturated carbocycles. The zero-order valence-electron chi connectivity index (χ0n) is 11.4. The van der Waals surface area contributed by atoms with Gasteiger partial charge in [0.15, 0.2) is 0 Å². The third kappa shape index (κ3) is 7.00. The van der Waals surface area contributed by atoms with Gasteiger partial charge in [0.1, 0.15) is 0 Å². The zero-order valence-corrected chi connectivity index (χ0v) is 11.4. The highest BCUT2D eigenvalue weighted by Crippen LogP contribution is 2.18. The summed E-state index contributed by atoms with van der Waals surface area (Å²) in [5.74, 6) is -0.808. The largest absolute Gasteiger partial charge is 0.481 e. The predicted molar refractivity (Wildman–Crippen MR) is 70.9 cm³/mol. The molecule has 0 aromatic carbocycles. The Morgan fingerprint density at radius 2 is 1.89 bits per heavy atom. The molecule has 0 saturated heterocycles. The van der Waals surface area contributed by atoms with Gasteiger partial charge >= 0.3 is 12.0 Å². The Bertz CT molecular complexity index is 301. The lowest BCUT2D eigenvalue weighted by atomic mass is 9.93. The molecule has 0 radical (unpaired) electrons. The summed E-state index contributed by atoms with van der Waals surface area (Å²) in [6, 6.07) is -0.104. The molecule has 2 amide bonds. The van der Waals surface area contributed by atoms with Gasteiger partial charge in [0, 0.05) is 18.5 Å². The van der Waals surface area contributed by atoms with Crippen molar-refractivity contribution in [2.24, 2.45) is 0 Å². The Morgan fingerprint density at radius 3 is 2.47 bits per heavy atom. The average Bonchev–Trinajstić information content (AvgIpc) is 2.31. The minimum absolute atomic E-state index is 0.0338. The first-order valence-corrected chi connectivity index (χ1v) is 6.94. The summed E-state index contributed by atoms with van der Waals surface area (Å²) in [4.78, 5) is 22.1. The van der Waals surface area contributed by atoms with Crippen molar-refractivity contribution in [1.82, 2.24) is 10.6 Å². The van der Waals surface area contributed by atoms with Gasteiger partial charge in [-0.2, -0.15) is 0 Å². The van der Waals surface area contributed by atoms with E-state index in [0.29, 0.717) is 12.8 Å². The Kier molecular flexibility index (Phi) is 6.62. The molecule has 0 aromatic rings. The number of aliphatic carboxylic acids is 1. The van der Waals surface area contributed by atoms with E-state index >= 15 is 0 Å². The fourth-order valence-corrected chi connectivity index (χ4v) is 2.30. The van der Waals surface area contributed by atoms with Crippen LogP contribution >= 0.6 is 0 Å². The van der Waals surface area contributed by atoms with Crippen LogP contribution in [0.2, 0.25) is 0 Å². The van der Waals surface area contributed by atoms with E-state index < -0.39 is 5.97 Å². The van der Waals surface area contributed by atoms with Crippen molar-refractivity contribution in [2.75, 3.05) is 0 Å². The molecule has 1 fully saturated rings. The maximum Gasteiger partial charge on any atom is 0.315 e. The lowest BCUT2D eigenvalue weighted by Crippen LogP contribution is -2.46. The number of carboxylic acid groups (broad SMARTS) is 1. The highest BCUT2D eigenvalue weighted by molar-refractivity contribution is 5.74. The Balaban J connectivity index is 2.14. The number of amides is 2. The van der Waals surface area contributed by atoms with Gasteiger partial charge in [0.2, 0.25) is 0 Å². The molecule has 4 N–H and O–H groups in total. The first kappa shape index (κ1) is 15.8. The fraction of sp³-hybridized carbons (Fsp3) is 0.846. The SMILES string of the molecule is CC(CCCC(=O)O)NC(=O)NC1CCC(O)CC1. The molecule has 0 aromatic heterocycles. The van der Waals surface area contributed by atoms with Gasteiger partial charge < -0.3 is 20.8 Å². The predicted octanol–water partition coefficient (Wildman–Crippen LogP) is 1.23. The van der Waals surface area contributed by atoms with Crippen molar-refractivity contribution in [1.29, 1.82) is 0 Å². The molecule has 1 aliphatic rings. The topological polar surface area (TPSA) is 98.7 Å². The number of hydrogen-bond donors (Lipinski definition) is 4. The van der Waals surface area contributed by atoms with Gasteiger partial charge in [-0.05, 0) is 45.4 Å². The summed E-state index contributed by atoms with van der Waals surface area (Å²) in [6.07, 6.45) is 4.21. The quantitative estimate of drug-likeness (QED) is 0.584. The van der Waals surface area contributed by atoms with Gasteiger partial charge in [0.05, 0.1) is 6.10 Å². The number of carbonyl (C=O) groups is 2. The molecule has 1 atom stereocenters. The van der Waals surface area contributed by atoms with Crippen LogP contribution in [0.1, 0.15) is 51.9 Å². The van der Waals surface area contributed by atoms with Gasteiger partial charge in [-0.3, -0.25) is 4.79 Å². The third-order valence-electron chi connectivity index (χ3n) is 3.44. The van der Waals surface area contributed by atoms with E-state index in [-0.39, 0.29) is 30.6 Å². The second-order valence-corrected chi connectivity index (χ2v) is 5.31. The van der Waals surface area contributed by atoms with Crippen molar-refractivity contribution in [2.45, 2.75) is 70.1 Å². The first-order valence-electron chi connectivity index (χ1n) is 6.94. The van der Waals surface area contributed by atoms with Crippen LogP contribution in [0.5, 0.6) is 0 Å². The smallest absolute Gasteiger partial charge is 0.315 e. The second kappa shape index (κ2) is 7.99. The molecule has 19 heavy (non-hydrogen) atoms. The summed E-state index contributed by atoms with van der Waals surface area (Å²) in [5.41, 5.74) is 0. The molecule has 0 spiro atoms. The lowest BCUT2D eigenvalue weighted by Gasteiger charge is -2.26. The van der Waals surface area contributed by atoms with E-state index in [0.717, 1.165) is 25.7 Å². The summed E-state index contributed by atoms with van der Waals surface area (Å²) < 4.78 is 0. The van der Waals surface area contributed by atoms with Crippen molar-refractivity contribution < 1.29 is 19.8 Å². The van der Waals surface area contributed by atoms with Crippen LogP contribution in [-0.2, 0) is 4.79 Å². The monoisotopic (exact) mass is 272 g/mol. The number of aliphatic hydroxyl groups is 1. The van der Waals surface area contributed by atoms with Crippen molar-refractivity contribution in [3.63, 3.8) is 0 Å². The number of rotatable bonds is 6. The second-order valence-electron chi connectivity index (χ2n) is 5.31. The summed E-state index contributed by atoms with van der Waals surface area (Å²) in [6.45, 7) is 1.87. The standard InChI is InChI=1S/C13H24N2O4/c1-9(3-2-4-12(17)18)14-13(19)15-10-5-7-11(16)8-6-10/h9-11,16H,2-8H2,1H3,(H,17,18)(H2,14,15,19). The average molecular weight is 272 g/mol. The van der Waals surface area contributed by atoms with Crippen LogP contribution in [0, 0.1) is 0 Å². The van der Waals surface area contributed by atoms with Crippen LogP contribution in [0.25, 0.3) is 0 Å². The van der Waals surface area contributed by atoms with Gasteiger partial charge in [-0.1, -0.05) is 0 Å². The van der Waals surface area contributed by atoms with Crippen molar-refractivity contribution in [3.05, 3.63) is 0 Å². The molecular weight excluding hydrogens is 248 g/mol. The molecule has 1 aliphatic carbocycles. The zero-order chi connectivity index (χ0) is 14.3. The number of carbonyl (C=O) groups excluding carboxylic acids is 1. The highest BCUT2D eigenvalue weighted by atomic mass is 16.4. The van der Waals surface area contributed by atoms with Crippen molar-refractivity contribution >= 4 is 12.0 Å². The summed E-state index contributed by atoms with van der Waals surface area (Å²) >= 11 is 0. The third-order valence-corrected chi connectivity index (χ3v) is 3.44. The van der Waals surface area contributed by atoms with Crippen molar-refractivity contribution in [3.8, 4) is 0 Å². The maximum absolute atomic E-state index is 11.7. The lowest BCUT2D eigenvalue weighted by molar-refractivity contribution is -0.137. The molecule has 0 heterocycles. The summed E-state index contributed by atoms with van der Waals surface area (Å²) in [5, 5.41) is 23.6. The molecule has 0 bridgehead atoms. The van der Waals surface area contributed by atoms with Gasteiger partial charge in [-0.25, -0.2) is 4.79 Å². The first-order chi connectivity index (χ1) is 8.97. The normalized spacial score (nSPS) is 24.5. The number of carboxylic acids is 1. The van der Waals surface area contributed by atoms with Crippen LogP contribution in [-0.4, -0.2) is 40.4 Å². The molecule has 6 nitrogen and oxygen atoms in total. The van der Waals surface area contributed by atoms with Crippen LogP contribution in [0.3, 0.4) is 0 Å². The van der Waals surface area contributed by atoms with E-state index in [4.69, 9.17) is 5.11 Å². The molecular formula is C13H24N2O4. The number of hydrogen-bond acceptors (Lipinski definition) is 3. The van der Waals surface area contributed by atoms with Crippen LogP contribution in [0.4, 0.5) is 4.79 Å². The van der Waals surface area contributed by atoms with Gasteiger partial charge in [0.25, 0.3) is 0 Å². The number of nitrogens with one attached hydrogen (secondary N) is 2. The minimum Gasteiger partial charge on any atom is -0.481 e. The minimum atomic E-state index is -0.808. The van der Waals surface area contributed by atoms with Crippen LogP contribution in [0.15, 0.2) is 0 Å². The van der Waals surface area contributed by atoms with Crippen LogP contribution < -0.4 is 10.6 Å². The Labute approximate surface area is 113 Å². The molecule has 6 heteroatoms. The fourth-order valence-electron chi connectivity index (χ4n) is 2.30. The van der Waals surface area contributed by atoms with E-state index in [1.807, 2.05) is 6.92 Å². The van der Waals surface area contributed by atoms with E-state index in [1.165, 1.54) is 0 Å². The molecule has 1 unspecified atom stereocenters. The highest BCUT2D eigenvalue weighted by Gasteiger charge is 2.21. The van der Waals surface area contributed by atoms with Gasteiger partial charge in [-0.15, -0.1) is 0 Å². The van der Waals surface area contributed by atoms with E-state index in [9.17, 15) is 14.7 Å². The van der Waals surface area contributed by atoms with E-state index in [1.54, 1.807) is 0 Å². The Morgan fingerprint density at radius 1 is 1.26 bits per heavy atom. The maximum atomic E-state index is 11.7. The van der Waals surface area contributed by atoms with E-state index in [2.05, 4.69) is 10.6 Å². The number of aliphatic hydroxyl groups excluding tert-OH is 1. The summed E-state index contributed by atoms with van der Waals surface area (Å²) in [7, 11) is 0. The molecule has 0 aliphatic heterocycles. The molecule has 110 valence electrons. The Hall–Kier alpha value is -1.30.